The number of carbonyl (C=O) groups is 1. The first-order valence-electron chi connectivity index (χ1n) is 9.22. The third kappa shape index (κ3) is 2.74. The molecule has 2 aromatic rings. The zero-order valence-corrected chi connectivity index (χ0v) is 15.4. The Morgan fingerprint density at radius 2 is 1.85 bits per heavy atom. The molecule has 0 radical (unpaired) electrons. The Bertz CT molecular complexity index is 884. The highest BCUT2D eigenvalue weighted by Gasteiger charge is 2.44. The second kappa shape index (κ2) is 6.36. The van der Waals surface area contributed by atoms with E-state index in [1.807, 2.05) is 0 Å². The highest BCUT2D eigenvalue weighted by Crippen LogP contribution is 2.43. The number of hydrogen-bond acceptors (Lipinski definition) is 3. The van der Waals surface area contributed by atoms with Gasteiger partial charge in [-0.1, -0.05) is 47.5 Å². The zero-order chi connectivity index (χ0) is 18.4. The monoisotopic (exact) mass is 348 g/mol. The smallest absolute Gasteiger partial charge is 0.271 e. The molecule has 1 amide bonds. The van der Waals surface area contributed by atoms with Gasteiger partial charge in [-0.25, -0.2) is 5.01 Å². The molecule has 26 heavy (non-hydrogen) atoms. The number of hydrogen-bond donors (Lipinski definition) is 1. The van der Waals surface area contributed by atoms with Crippen molar-refractivity contribution >= 4 is 11.6 Å². The number of rotatable bonds is 2. The quantitative estimate of drug-likeness (QED) is 0.902. The van der Waals surface area contributed by atoms with Crippen LogP contribution in [0.3, 0.4) is 0 Å². The van der Waals surface area contributed by atoms with Gasteiger partial charge in [0.05, 0.1) is 11.8 Å². The second-order valence-electron chi connectivity index (χ2n) is 7.51. The van der Waals surface area contributed by atoms with Crippen molar-refractivity contribution in [3.05, 3.63) is 70.3 Å². The summed E-state index contributed by atoms with van der Waals surface area (Å²) in [5.41, 5.74) is 6.88. The van der Waals surface area contributed by atoms with Crippen LogP contribution >= 0.6 is 0 Å². The molecule has 4 rings (SSSR count). The van der Waals surface area contributed by atoms with E-state index in [0.29, 0.717) is 0 Å². The van der Waals surface area contributed by atoms with Crippen molar-refractivity contribution in [2.75, 3.05) is 0 Å². The van der Waals surface area contributed by atoms with Crippen LogP contribution in [0.1, 0.15) is 47.2 Å². The van der Waals surface area contributed by atoms with E-state index in [1.54, 1.807) is 0 Å². The number of aliphatic hydroxyl groups excluding tert-OH is 1. The van der Waals surface area contributed by atoms with Crippen LogP contribution in [-0.2, 0) is 11.2 Å². The van der Waals surface area contributed by atoms with Crippen molar-refractivity contribution in [3.63, 3.8) is 0 Å². The third-order valence-electron chi connectivity index (χ3n) is 5.48. The molecule has 0 fully saturated rings. The lowest BCUT2D eigenvalue weighted by Crippen LogP contribution is -2.37. The summed E-state index contributed by atoms with van der Waals surface area (Å²) in [5.74, 6) is -0.179. The summed E-state index contributed by atoms with van der Waals surface area (Å²) in [5, 5.41) is 16.2. The maximum atomic E-state index is 12.7. The number of aryl methyl sites for hydroxylation is 3. The Hall–Kier alpha value is -2.46. The maximum Gasteiger partial charge on any atom is 0.271 e. The Morgan fingerprint density at radius 3 is 2.54 bits per heavy atom. The van der Waals surface area contributed by atoms with E-state index in [1.165, 1.54) is 28.6 Å². The van der Waals surface area contributed by atoms with Gasteiger partial charge in [-0.15, -0.1) is 0 Å². The fourth-order valence-corrected chi connectivity index (χ4v) is 4.09. The molecule has 1 heterocycles. The van der Waals surface area contributed by atoms with E-state index in [4.69, 9.17) is 5.10 Å². The van der Waals surface area contributed by atoms with Gasteiger partial charge in [-0.3, -0.25) is 4.79 Å². The summed E-state index contributed by atoms with van der Waals surface area (Å²) in [6.07, 6.45) is 0.875. The normalized spacial score (nSPS) is 22.5. The van der Waals surface area contributed by atoms with Gasteiger partial charge in [-0.05, 0) is 50.8 Å². The summed E-state index contributed by atoms with van der Waals surface area (Å²) in [6, 6.07) is 14.6. The molecular weight excluding hydrogens is 324 g/mol. The molecule has 0 unspecified atom stereocenters. The van der Waals surface area contributed by atoms with Crippen LogP contribution in [0.2, 0.25) is 0 Å². The Morgan fingerprint density at radius 1 is 1.15 bits per heavy atom. The van der Waals surface area contributed by atoms with Crippen molar-refractivity contribution in [2.45, 2.75) is 45.8 Å². The first-order valence-corrected chi connectivity index (χ1v) is 9.22. The molecule has 1 aliphatic heterocycles. The maximum absolute atomic E-state index is 12.7. The summed E-state index contributed by atoms with van der Waals surface area (Å²) in [7, 11) is 0. The number of aliphatic hydroxyl groups is 1. The van der Waals surface area contributed by atoms with Crippen molar-refractivity contribution in [3.8, 4) is 0 Å². The summed E-state index contributed by atoms with van der Waals surface area (Å²) >= 11 is 0. The summed E-state index contributed by atoms with van der Waals surface area (Å²) < 4.78 is 0. The number of nitrogens with zero attached hydrogens (tertiary/aromatic N) is 2. The predicted octanol–water partition coefficient (Wildman–Crippen LogP) is 3.53. The standard InChI is InChI=1S/C22H24N2O2/c1-13-4-8-17(9-5-13)21-18-11-10-16-7-6-14(2)12-19(16)20(18)23-24(21)22(26)15(3)25/h4-9,12,15,18,21,25H,10-11H2,1-3H3/t15-,18+,21+/m0/s1. The third-order valence-corrected chi connectivity index (χ3v) is 5.48. The molecule has 0 spiro atoms. The van der Waals surface area contributed by atoms with Crippen LogP contribution in [-0.4, -0.2) is 27.8 Å². The Balaban J connectivity index is 1.82. The van der Waals surface area contributed by atoms with Crippen LogP contribution in [0, 0.1) is 19.8 Å². The molecule has 134 valence electrons. The zero-order valence-electron chi connectivity index (χ0n) is 15.4. The highest BCUT2D eigenvalue weighted by atomic mass is 16.3. The SMILES string of the molecule is Cc1ccc([C@@H]2[C@@H]3CCc4ccc(C)cc4C3=NN2C(=O)[C@H](C)O)cc1. The first-order chi connectivity index (χ1) is 12.5. The van der Waals surface area contributed by atoms with Gasteiger partial charge in [0.25, 0.3) is 5.91 Å². The minimum Gasteiger partial charge on any atom is -0.383 e. The van der Waals surface area contributed by atoms with Crippen LogP contribution in [0.25, 0.3) is 0 Å². The van der Waals surface area contributed by atoms with Gasteiger partial charge in [0, 0.05) is 11.5 Å². The minimum absolute atomic E-state index is 0.152. The van der Waals surface area contributed by atoms with Gasteiger partial charge >= 0.3 is 0 Å². The number of carbonyl (C=O) groups excluding carboxylic acids is 1. The molecule has 2 aromatic carbocycles. The lowest BCUT2D eigenvalue weighted by atomic mass is 9.77. The van der Waals surface area contributed by atoms with Crippen molar-refractivity contribution < 1.29 is 9.90 Å². The molecule has 1 N–H and O–H groups in total. The van der Waals surface area contributed by atoms with E-state index >= 15 is 0 Å². The van der Waals surface area contributed by atoms with Gasteiger partial charge < -0.3 is 5.11 Å². The average Bonchev–Trinajstić information content (AvgIpc) is 3.01. The lowest BCUT2D eigenvalue weighted by molar-refractivity contribution is -0.141. The van der Waals surface area contributed by atoms with Crippen LogP contribution in [0.15, 0.2) is 47.6 Å². The molecule has 0 bridgehead atoms. The minimum atomic E-state index is -1.07. The lowest BCUT2D eigenvalue weighted by Gasteiger charge is -2.30. The molecule has 2 aliphatic rings. The molecule has 0 saturated heterocycles. The summed E-state index contributed by atoms with van der Waals surface area (Å²) in [4.78, 5) is 12.7. The van der Waals surface area contributed by atoms with E-state index < -0.39 is 6.10 Å². The van der Waals surface area contributed by atoms with E-state index in [9.17, 15) is 9.90 Å². The first kappa shape index (κ1) is 17.0. The Labute approximate surface area is 154 Å². The van der Waals surface area contributed by atoms with Gasteiger partial charge in [0.1, 0.15) is 6.10 Å². The van der Waals surface area contributed by atoms with Crippen LogP contribution < -0.4 is 0 Å². The molecule has 0 aromatic heterocycles. The number of amides is 1. The Kier molecular flexibility index (Phi) is 4.16. The van der Waals surface area contributed by atoms with Gasteiger partial charge in [-0.2, -0.15) is 5.10 Å². The van der Waals surface area contributed by atoms with E-state index in [-0.39, 0.29) is 17.9 Å². The van der Waals surface area contributed by atoms with Crippen LogP contribution in [0.4, 0.5) is 0 Å². The number of fused-ring (bicyclic) bond motifs is 3. The molecule has 0 saturated carbocycles. The molecule has 1 aliphatic carbocycles. The summed E-state index contributed by atoms with van der Waals surface area (Å²) in [6.45, 7) is 5.64. The topological polar surface area (TPSA) is 52.9 Å². The fourth-order valence-electron chi connectivity index (χ4n) is 4.09. The predicted molar refractivity (Wildman–Crippen MR) is 102 cm³/mol. The number of benzene rings is 2. The van der Waals surface area contributed by atoms with Crippen LogP contribution in [0.5, 0.6) is 0 Å². The fraction of sp³-hybridized carbons (Fsp3) is 0.364. The highest BCUT2D eigenvalue weighted by molar-refractivity contribution is 6.07. The van der Waals surface area contributed by atoms with Crippen molar-refractivity contribution in [2.24, 2.45) is 11.0 Å². The molecule has 3 atom stereocenters. The van der Waals surface area contributed by atoms with Crippen molar-refractivity contribution in [1.29, 1.82) is 0 Å². The number of hydrazone groups is 1. The molecule has 4 heteroatoms. The molecule has 4 nitrogen and oxygen atoms in total. The average molecular weight is 348 g/mol. The van der Waals surface area contributed by atoms with Crippen molar-refractivity contribution in [1.82, 2.24) is 5.01 Å². The van der Waals surface area contributed by atoms with Gasteiger partial charge in [0.15, 0.2) is 0 Å². The second-order valence-corrected chi connectivity index (χ2v) is 7.51. The molecular formula is C22H24N2O2. The largest absolute Gasteiger partial charge is 0.383 e. The van der Waals surface area contributed by atoms with E-state index in [0.717, 1.165) is 29.7 Å². The van der Waals surface area contributed by atoms with E-state index in [2.05, 4.69) is 56.3 Å². The van der Waals surface area contributed by atoms with Gasteiger partial charge in [0.2, 0.25) is 0 Å².